The normalized spacial score (nSPS) is 17.3. The second-order valence-electron chi connectivity index (χ2n) is 6.96. The highest BCUT2D eigenvalue weighted by Crippen LogP contribution is 2.30. The average Bonchev–Trinajstić information content (AvgIpc) is 2.73. The molecule has 1 saturated heterocycles. The number of nitrogens with zero attached hydrogens (tertiary/aromatic N) is 3. The Morgan fingerprint density at radius 3 is 2.78 bits per heavy atom. The number of morpholine rings is 1. The number of aromatic nitrogens is 2. The predicted octanol–water partition coefficient (Wildman–Crippen LogP) is 3.62. The number of alkyl halides is 3. The van der Waals surface area contributed by atoms with Gasteiger partial charge < -0.3 is 15.2 Å². The zero-order valence-corrected chi connectivity index (χ0v) is 18.9. The van der Waals surface area contributed by atoms with Crippen molar-refractivity contribution in [3.63, 3.8) is 0 Å². The largest absolute Gasteiger partial charge is 0.493 e. The van der Waals surface area contributed by atoms with Crippen LogP contribution in [0.5, 0.6) is 5.88 Å². The van der Waals surface area contributed by atoms with Gasteiger partial charge in [-0.15, -0.1) is 0 Å². The molecule has 0 radical (unpaired) electrons. The maximum absolute atomic E-state index is 12.8. The van der Waals surface area contributed by atoms with Gasteiger partial charge in [-0.25, -0.2) is 4.98 Å². The molecule has 1 aliphatic heterocycles. The number of ether oxygens (including phenoxy) is 1. The predicted molar refractivity (Wildman–Crippen MR) is 114 cm³/mol. The number of nitrogens with one attached hydrogen (secondary N) is 1. The first-order valence-corrected chi connectivity index (χ1v) is 11.2. The number of thioether (sulfide) groups is 1. The smallest absolute Gasteiger partial charge is 0.433 e. The fourth-order valence-corrected chi connectivity index (χ4v) is 3.98. The van der Waals surface area contributed by atoms with Gasteiger partial charge in [0.15, 0.2) is 10.9 Å². The fraction of sp³-hybridized carbons (Fsp3) is 0.421. The number of hydrogen-bond acceptors (Lipinski definition) is 7. The first-order valence-electron chi connectivity index (χ1n) is 9.43. The molecule has 2 heterocycles. The van der Waals surface area contributed by atoms with Gasteiger partial charge >= 0.3 is 6.18 Å². The van der Waals surface area contributed by atoms with Gasteiger partial charge in [0.2, 0.25) is 11.8 Å². The van der Waals surface area contributed by atoms with Crippen molar-refractivity contribution in [1.29, 1.82) is 0 Å². The maximum atomic E-state index is 12.8. The quantitative estimate of drug-likeness (QED) is 0.434. The zero-order chi connectivity index (χ0) is 23.3. The summed E-state index contributed by atoms with van der Waals surface area (Å²) in [6.45, 7) is 2.69. The highest BCUT2D eigenvalue weighted by molar-refractivity contribution is 7.99. The molecule has 0 unspecified atom stereocenters. The van der Waals surface area contributed by atoms with Crippen LogP contribution in [0.15, 0.2) is 29.4 Å². The first-order chi connectivity index (χ1) is 15.1. The van der Waals surface area contributed by atoms with Gasteiger partial charge in [0, 0.05) is 32.2 Å². The van der Waals surface area contributed by atoms with Gasteiger partial charge in [0.25, 0.3) is 0 Å². The lowest BCUT2D eigenvalue weighted by Crippen LogP contribution is -2.47. The second kappa shape index (κ2) is 10.9. The molecule has 3 rings (SSSR count). The fourth-order valence-electron chi connectivity index (χ4n) is 2.98. The Bertz CT molecular complexity index is 968. The van der Waals surface area contributed by atoms with E-state index in [-0.39, 0.29) is 23.6 Å². The van der Waals surface area contributed by atoms with Crippen LogP contribution in [0.4, 0.5) is 13.2 Å². The Morgan fingerprint density at radius 1 is 1.28 bits per heavy atom. The van der Waals surface area contributed by atoms with Crippen LogP contribution in [0.3, 0.4) is 0 Å². The summed E-state index contributed by atoms with van der Waals surface area (Å²) < 4.78 is 44.0. The van der Waals surface area contributed by atoms with Crippen LogP contribution in [-0.4, -0.2) is 64.0 Å². The standard InChI is InChI=1S/C19H19Cl2F3N4O3S/c20-13-2-1-11(5-14(13)21)8-28-3-4-31-12(9-28)7-25-17(30)10-32-18-26-15(19(22,23)24)6-16(29)27-18/h1-2,5-6,12H,3-4,7-10H2,(H,25,30)(H,26,27,29)/t12-/m0/s1. The van der Waals surface area contributed by atoms with Crippen LogP contribution in [0.2, 0.25) is 10.0 Å². The molecule has 1 amide bonds. The lowest BCUT2D eigenvalue weighted by molar-refractivity contribution is -0.141. The van der Waals surface area contributed by atoms with Gasteiger partial charge in [0.1, 0.15) is 0 Å². The van der Waals surface area contributed by atoms with Gasteiger partial charge in [0.05, 0.1) is 28.5 Å². The molecule has 174 valence electrons. The molecule has 1 aromatic heterocycles. The topological polar surface area (TPSA) is 87.6 Å². The average molecular weight is 511 g/mol. The monoisotopic (exact) mass is 510 g/mol. The number of amides is 1. The van der Waals surface area contributed by atoms with Gasteiger partial charge in [-0.05, 0) is 17.7 Å². The Morgan fingerprint density at radius 2 is 2.06 bits per heavy atom. The molecule has 13 heteroatoms. The highest BCUT2D eigenvalue weighted by Gasteiger charge is 2.34. The minimum Gasteiger partial charge on any atom is -0.493 e. The molecule has 1 aromatic carbocycles. The molecule has 1 aliphatic rings. The molecule has 1 atom stereocenters. The molecular formula is C19H19Cl2F3N4O3S. The summed E-state index contributed by atoms with van der Waals surface area (Å²) in [6, 6.07) is 5.86. The van der Waals surface area contributed by atoms with Crippen molar-refractivity contribution in [1.82, 2.24) is 20.2 Å². The van der Waals surface area contributed by atoms with Crippen LogP contribution in [0, 0.1) is 0 Å². The third-order valence-electron chi connectivity index (χ3n) is 4.45. The molecule has 32 heavy (non-hydrogen) atoms. The van der Waals surface area contributed by atoms with E-state index in [1.807, 2.05) is 6.07 Å². The van der Waals surface area contributed by atoms with Crippen LogP contribution in [-0.2, 0) is 22.3 Å². The summed E-state index contributed by atoms with van der Waals surface area (Å²) in [5.41, 5.74) is -0.268. The van der Waals surface area contributed by atoms with E-state index in [2.05, 4.69) is 20.2 Å². The van der Waals surface area contributed by atoms with Crippen LogP contribution >= 0.6 is 35.0 Å². The van der Waals surface area contributed by atoms with Gasteiger partial charge in [-0.3, -0.25) is 9.69 Å². The number of benzene rings is 1. The Hall–Kier alpha value is -1.79. The minimum atomic E-state index is -4.72. The van der Waals surface area contributed by atoms with E-state index in [1.165, 1.54) is 0 Å². The number of aromatic hydroxyl groups is 1. The number of rotatable bonds is 7. The molecule has 1 fully saturated rings. The second-order valence-corrected chi connectivity index (χ2v) is 8.72. The third kappa shape index (κ3) is 7.38. The van der Waals surface area contributed by atoms with Crippen LogP contribution in [0.1, 0.15) is 11.3 Å². The number of hydrogen-bond donors (Lipinski definition) is 2. The van der Waals surface area contributed by atoms with Crippen molar-refractivity contribution >= 4 is 40.9 Å². The Kier molecular flexibility index (Phi) is 8.45. The first kappa shape index (κ1) is 24.8. The highest BCUT2D eigenvalue weighted by atomic mass is 35.5. The van der Waals surface area contributed by atoms with Crippen LogP contribution in [0.25, 0.3) is 0 Å². The van der Waals surface area contributed by atoms with Crippen molar-refractivity contribution in [3.05, 3.63) is 45.6 Å². The van der Waals surface area contributed by atoms with Crippen molar-refractivity contribution in [2.24, 2.45) is 0 Å². The molecule has 0 bridgehead atoms. The summed E-state index contributed by atoms with van der Waals surface area (Å²) in [7, 11) is 0. The molecule has 7 nitrogen and oxygen atoms in total. The Balaban J connectivity index is 1.45. The molecule has 0 saturated carbocycles. The number of halogens is 5. The van der Waals surface area contributed by atoms with Crippen molar-refractivity contribution < 1.29 is 27.8 Å². The molecular weight excluding hydrogens is 492 g/mol. The van der Waals surface area contributed by atoms with E-state index in [1.54, 1.807) is 12.1 Å². The number of carbonyl (C=O) groups excluding carboxylic acids is 1. The van der Waals surface area contributed by atoms with Crippen LogP contribution < -0.4 is 5.32 Å². The lowest BCUT2D eigenvalue weighted by Gasteiger charge is -2.33. The molecule has 2 N–H and O–H groups in total. The molecule has 0 aliphatic carbocycles. The summed E-state index contributed by atoms with van der Waals surface area (Å²) in [6.07, 6.45) is -4.96. The van der Waals surface area contributed by atoms with Gasteiger partial charge in [-0.2, -0.15) is 18.2 Å². The molecule has 0 spiro atoms. The zero-order valence-electron chi connectivity index (χ0n) is 16.5. The lowest BCUT2D eigenvalue weighted by atomic mass is 10.2. The SMILES string of the molecule is O=C(CSc1nc(O)cc(C(F)(F)F)n1)NC[C@H]1CN(Cc2ccc(Cl)c(Cl)c2)CCO1. The van der Waals surface area contributed by atoms with Gasteiger partial charge in [-0.1, -0.05) is 41.0 Å². The summed E-state index contributed by atoms with van der Waals surface area (Å²) in [5.74, 6) is -1.44. The van der Waals surface area contributed by atoms with E-state index in [0.717, 1.165) is 12.1 Å². The third-order valence-corrected chi connectivity index (χ3v) is 6.04. The summed E-state index contributed by atoms with van der Waals surface area (Å²) in [4.78, 5) is 21.1. The van der Waals surface area contributed by atoms with E-state index < -0.39 is 23.7 Å². The number of carbonyl (C=O) groups is 1. The van der Waals surface area contributed by atoms with Crippen molar-refractivity contribution in [2.45, 2.75) is 24.0 Å². The van der Waals surface area contributed by atoms with E-state index in [4.69, 9.17) is 27.9 Å². The summed E-state index contributed by atoms with van der Waals surface area (Å²) >= 11 is 12.7. The van der Waals surface area contributed by atoms with E-state index in [9.17, 15) is 23.1 Å². The van der Waals surface area contributed by atoms with E-state index >= 15 is 0 Å². The van der Waals surface area contributed by atoms with E-state index in [0.29, 0.717) is 47.6 Å². The van der Waals surface area contributed by atoms with Crippen molar-refractivity contribution in [2.75, 3.05) is 32.0 Å². The minimum absolute atomic E-state index is 0.208. The van der Waals surface area contributed by atoms with Crippen molar-refractivity contribution in [3.8, 4) is 5.88 Å². The summed E-state index contributed by atoms with van der Waals surface area (Å²) in [5, 5.41) is 12.7. The Labute approximate surface area is 196 Å². The molecule has 2 aromatic rings. The maximum Gasteiger partial charge on any atom is 0.433 e.